The number of carbonyl (C=O) groups excluding carboxylic acids is 2. The summed E-state index contributed by atoms with van der Waals surface area (Å²) in [5.74, 6) is 1.71. The Morgan fingerprint density at radius 1 is 1.00 bits per heavy atom. The Balaban J connectivity index is 1.31. The van der Waals surface area contributed by atoms with E-state index in [-0.39, 0.29) is 5.91 Å². The van der Waals surface area contributed by atoms with Crippen molar-refractivity contribution in [2.75, 3.05) is 26.2 Å². The van der Waals surface area contributed by atoms with E-state index in [0.29, 0.717) is 36.4 Å². The second kappa shape index (κ2) is 7.65. The molecule has 2 amide bonds. The summed E-state index contributed by atoms with van der Waals surface area (Å²) in [5, 5.41) is 3.29. The van der Waals surface area contributed by atoms with E-state index in [1.165, 1.54) is 32.1 Å². The van der Waals surface area contributed by atoms with Gasteiger partial charge in [-0.1, -0.05) is 25.7 Å². The molecule has 0 radical (unpaired) electrons. The number of likely N-dealkylation sites (tertiary alicyclic amines) is 1. The summed E-state index contributed by atoms with van der Waals surface area (Å²) in [7, 11) is 0. The second-order valence-corrected chi connectivity index (χ2v) is 8.82. The van der Waals surface area contributed by atoms with Crippen molar-refractivity contribution in [3.8, 4) is 0 Å². The lowest BCUT2D eigenvalue weighted by molar-refractivity contribution is -0.145. The number of hydrogen-bond donors (Lipinski definition) is 1. The van der Waals surface area contributed by atoms with Crippen molar-refractivity contribution in [2.45, 2.75) is 76.3 Å². The SMILES string of the molecule is O=C(CN1CC2CC(C1)[C@H]1CCCC(=O)N1C2)NC1CCCCCC1. The van der Waals surface area contributed by atoms with Crippen LogP contribution in [-0.2, 0) is 9.59 Å². The highest BCUT2D eigenvalue weighted by atomic mass is 16.2. The number of rotatable bonds is 3. The van der Waals surface area contributed by atoms with Crippen LogP contribution in [0.15, 0.2) is 0 Å². The van der Waals surface area contributed by atoms with Crippen molar-refractivity contribution in [3.05, 3.63) is 0 Å². The quantitative estimate of drug-likeness (QED) is 0.796. The molecule has 0 aromatic carbocycles. The van der Waals surface area contributed by atoms with E-state index in [1.807, 2.05) is 0 Å². The van der Waals surface area contributed by atoms with Gasteiger partial charge in [-0.2, -0.15) is 0 Å². The average molecular weight is 348 g/mol. The van der Waals surface area contributed by atoms with E-state index in [0.717, 1.165) is 51.7 Å². The molecule has 1 N–H and O–H groups in total. The fourth-order valence-corrected chi connectivity index (χ4v) is 5.74. The van der Waals surface area contributed by atoms with Crippen LogP contribution in [0.3, 0.4) is 0 Å². The summed E-state index contributed by atoms with van der Waals surface area (Å²) in [5.41, 5.74) is 0. The minimum atomic E-state index is 0.212. The van der Waals surface area contributed by atoms with Gasteiger partial charge in [-0.15, -0.1) is 0 Å². The van der Waals surface area contributed by atoms with E-state index in [2.05, 4.69) is 15.1 Å². The first-order chi connectivity index (χ1) is 12.2. The lowest BCUT2D eigenvalue weighted by atomic mass is 9.76. The topological polar surface area (TPSA) is 52.7 Å². The van der Waals surface area contributed by atoms with Crippen LogP contribution in [-0.4, -0.2) is 59.9 Å². The molecule has 3 heterocycles. The van der Waals surface area contributed by atoms with Crippen LogP contribution in [0.2, 0.25) is 0 Å². The maximum absolute atomic E-state index is 12.5. The van der Waals surface area contributed by atoms with Crippen molar-refractivity contribution >= 4 is 11.8 Å². The zero-order valence-corrected chi connectivity index (χ0v) is 15.4. The molecule has 1 aliphatic carbocycles. The van der Waals surface area contributed by atoms with Crippen molar-refractivity contribution in [1.82, 2.24) is 15.1 Å². The summed E-state index contributed by atoms with van der Waals surface area (Å²) in [4.78, 5) is 29.3. The van der Waals surface area contributed by atoms with Gasteiger partial charge >= 0.3 is 0 Å². The maximum Gasteiger partial charge on any atom is 0.234 e. The number of nitrogens with zero attached hydrogens (tertiary/aromatic N) is 2. The van der Waals surface area contributed by atoms with Gasteiger partial charge in [0.1, 0.15) is 0 Å². The van der Waals surface area contributed by atoms with Gasteiger partial charge in [-0.25, -0.2) is 0 Å². The van der Waals surface area contributed by atoms with Gasteiger partial charge in [-0.05, 0) is 43.9 Å². The van der Waals surface area contributed by atoms with Gasteiger partial charge < -0.3 is 10.2 Å². The monoisotopic (exact) mass is 347 g/mol. The molecular weight excluding hydrogens is 314 g/mol. The zero-order valence-electron chi connectivity index (χ0n) is 15.4. The molecule has 0 spiro atoms. The van der Waals surface area contributed by atoms with Gasteiger partial charge in [0, 0.05) is 38.1 Å². The molecule has 5 heteroatoms. The van der Waals surface area contributed by atoms with Crippen LogP contribution in [0.4, 0.5) is 0 Å². The first kappa shape index (κ1) is 17.3. The van der Waals surface area contributed by atoms with Crippen molar-refractivity contribution in [1.29, 1.82) is 0 Å². The highest BCUT2D eigenvalue weighted by Gasteiger charge is 2.44. The van der Waals surface area contributed by atoms with Gasteiger partial charge in [-0.3, -0.25) is 14.5 Å². The molecule has 4 rings (SSSR count). The normalized spacial score (nSPS) is 34.3. The third-order valence-electron chi connectivity index (χ3n) is 6.84. The van der Waals surface area contributed by atoms with Crippen LogP contribution < -0.4 is 5.32 Å². The minimum absolute atomic E-state index is 0.212. The fourth-order valence-electron chi connectivity index (χ4n) is 5.74. The third-order valence-corrected chi connectivity index (χ3v) is 6.84. The number of piperidine rings is 3. The smallest absolute Gasteiger partial charge is 0.234 e. The molecule has 3 saturated heterocycles. The minimum Gasteiger partial charge on any atom is -0.352 e. The van der Waals surface area contributed by atoms with Crippen LogP contribution >= 0.6 is 0 Å². The molecule has 0 aromatic heterocycles. The Morgan fingerprint density at radius 3 is 2.60 bits per heavy atom. The van der Waals surface area contributed by atoms with Crippen LogP contribution in [0.25, 0.3) is 0 Å². The Morgan fingerprint density at radius 2 is 1.80 bits per heavy atom. The van der Waals surface area contributed by atoms with Crippen molar-refractivity contribution in [2.24, 2.45) is 11.8 Å². The summed E-state index contributed by atoms with van der Waals surface area (Å²) >= 11 is 0. The van der Waals surface area contributed by atoms with Crippen LogP contribution in [0, 0.1) is 11.8 Å². The number of hydrogen-bond acceptors (Lipinski definition) is 3. The Labute approximate surface area is 151 Å². The molecule has 25 heavy (non-hydrogen) atoms. The highest BCUT2D eigenvalue weighted by Crippen LogP contribution is 2.37. The molecule has 140 valence electrons. The molecule has 1 saturated carbocycles. The molecular formula is C20H33N3O2. The van der Waals surface area contributed by atoms with Crippen molar-refractivity contribution < 1.29 is 9.59 Å². The van der Waals surface area contributed by atoms with E-state index < -0.39 is 0 Å². The predicted octanol–water partition coefficient (Wildman–Crippen LogP) is 2.16. The number of nitrogens with one attached hydrogen (secondary N) is 1. The summed E-state index contributed by atoms with van der Waals surface area (Å²) in [6, 6.07) is 0.830. The van der Waals surface area contributed by atoms with E-state index in [9.17, 15) is 9.59 Å². The third kappa shape index (κ3) is 4.02. The molecule has 2 bridgehead atoms. The standard InChI is InChI=1S/C20H33N3O2/c24-19(21-17-6-3-1-2-4-7-17)14-22-11-15-10-16(13-22)18-8-5-9-20(25)23(18)12-15/h15-18H,1-14H2,(H,21,24)/t15?,16?,18-/m1/s1. The number of carbonyl (C=O) groups is 2. The number of fused-ring (bicyclic) bond motifs is 4. The Hall–Kier alpha value is -1.10. The van der Waals surface area contributed by atoms with E-state index in [1.54, 1.807) is 0 Å². The summed E-state index contributed by atoms with van der Waals surface area (Å²) in [6.07, 6.45) is 11.6. The fraction of sp³-hybridized carbons (Fsp3) is 0.900. The predicted molar refractivity (Wildman–Crippen MR) is 97.0 cm³/mol. The first-order valence-corrected chi connectivity index (χ1v) is 10.5. The Kier molecular flexibility index (Phi) is 5.30. The highest BCUT2D eigenvalue weighted by molar-refractivity contribution is 5.78. The maximum atomic E-state index is 12.5. The molecule has 3 atom stereocenters. The van der Waals surface area contributed by atoms with E-state index >= 15 is 0 Å². The second-order valence-electron chi connectivity index (χ2n) is 8.82. The largest absolute Gasteiger partial charge is 0.352 e. The van der Waals surface area contributed by atoms with Gasteiger partial charge in [0.2, 0.25) is 11.8 Å². The average Bonchev–Trinajstić information content (AvgIpc) is 2.84. The van der Waals surface area contributed by atoms with Gasteiger partial charge in [0.15, 0.2) is 0 Å². The molecule has 4 aliphatic rings. The zero-order chi connectivity index (χ0) is 17.2. The van der Waals surface area contributed by atoms with Crippen LogP contribution in [0.1, 0.15) is 64.2 Å². The van der Waals surface area contributed by atoms with Gasteiger partial charge in [0.05, 0.1) is 6.54 Å². The summed E-state index contributed by atoms with van der Waals surface area (Å²) < 4.78 is 0. The summed E-state index contributed by atoms with van der Waals surface area (Å²) in [6.45, 7) is 3.43. The molecule has 4 fully saturated rings. The molecule has 2 unspecified atom stereocenters. The lowest BCUT2D eigenvalue weighted by Crippen LogP contribution is -2.61. The lowest BCUT2D eigenvalue weighted by Gasteiger charge is -2.52. The van der Waals surface area contributed by atoms with Gasteiger partial charge in [0.25, 0.3) is 0 Å². The molecule has 0 aromatic rings. The number of amides is 2. The van der Waals surface area contributed by atoms with Crippen LogP contribution in [0.5, 0.6) is 0 Å². The first-order valence-electron chi connectivity index (χ1n) is 10.5. The molecule has 5 nitrogen and oxygen atoms in total. The molecule has 3 aliphatic heterocycles. The van der Waals surface area contributed by atoms with Crippen molar-refractivity contribution in [3.63, 3.8) is 0 Å². The van der Waals surface area contributed by atoms with E-state index in [4.69, 9.17) is 0 Å². The Bertz CT molecular complexity index is 501.